The SMILES string of the molecule is COc1ccc(CN(C)C2CC2C(=O)O)cc1C. The Bertz CT molecular complexity index is 458. The summed E-state index contributed by atoms with van der Waals surface area (Å²) in [6.45, 7) is 2.79. The van der Waals surface area contributed by atoms with Crippen LogP contribution in [0.3, 0.4) is 0 Å². The first-order valence-electron chi connectivity index (χ1n) is 6.09. The fourth-order valence-corrected chi connectivity index (χ4v) is 2.38. The van der Waals surface area contributed by atoms with Gasteiger partial charge in [0.1, 0.15) is 5.75 Å². The van der Waals surface area contributed by atoms with Gasteiger partial charge in [0.05, 0.1) is 13.0 Å². The van der Waals surface area contributed by atoms with Crippen LogP contribution in [0.4, 0.5) is 0 Å². The number of hydrogen-bond donors (Lipinski definition) is 1. The zero-order valence-electron chi connectivity index (χ0n) is 11.0. The highest BCUT2D eigenvalue weighted by Gasteiger charge is 2.45. The van der Waals surface area contributed by atoms with Crippen molar-refractivity contribution < 1.29 is 14.6 Å². The Morgan fingerprint density at radius 2 is 2.28 bits per heavy atom. The summed E-state index contributed by atoms with van der Waals surface area (Å²) in [6.07, 6.45) is 0.765. The van der Waals surface area contributed by atoms with Crippen molar-refractivity contribution in [1.82, 2.24) is 4.90 Å². The van der Waals surface area contributed by atoms with Crippen LogP contribution >= 0.6 is 0 Å². The first kappa shape index (κ1) is 12.9. The molecule has 18 heavy (non-hydrogen) atoms. The quantitative estimate of drug-likeness (QED) is 0.866. The van der Waals surface area contributed by atoms with Crippen LogP contribution in [0.2, 0.25) is 0 Å². The third-order valence-corrected chi connectivity index (χ3v) is 3.53. The van der Waals surface area contributed by atoms with Crippen molar-refractivity contribution in [3.8, 4) is 5.75 Å². The Kier molecular flexibility index (Phi) is 3.57. The number of rotatable bonds is 5. The lowest BCUT2D eigenvalue weighted by Gasteiger charge is -2.17. The van der Waals surface area contributed by atoms with Crippen molar-refractivity contribution in [3.05, 3.63) is 29.3 Å². The number of ether oxygens (including phenoxy) is 1. The van der Waals surface area contributed by atoms with Crippen LogP contribution < -0.4 is 4.74 Å². The Morgan fingerprint density at radius 1 is 1.56 bits per heavy atom. The van der Waals surface area contributed by atoms with Crippen molar-refractivity contribution in [2.75, 3.05) is 14.2 Å². The molecule has 1 aliphatic carbocycles. The molecule has 1 fully saturated rings. The number of benzene rings is 1. The van der Waals surface area contributed by atoms with Gasteiger partial charge in [0, 0.05) is 12.6 Å². The highest BCUT2D eigenvalue weighted by Crippen LogP contribution is 2.36. The van der Waals surface area contributed by atoms with E-state index in [1.807, 2.05) is 26.1 Å². The van der Waals surface area contributed by atoms with Crippen LogP contribution in [0.15, 0.2) is 18.2 Å². The van der Waals surface area contributed by atoms with Crippen LogP contribution in [0, 0.1) is 12.8 Å². The van der Waals surface area contributed by atoms with E-state index in [0.717, 1.165) is 24.3 Å². The number of aliphatic carboxylic acids is 1. The fourth-order valence-electron chi connectivity index (χ4n) is 2.38. The monoisotopic (exact) mass is 249 g/mol. The fraction of sp³-hybridized carbons (Fsp3) is 0.500. The highest BCUT2D eigenvalue weighted by molar-refractivity contribution is 5.74. The van der Waals surface area contributed by atoms with Gasteiger partial charge in [-0.25, -0.2) is 0 Å². The molecule has 98 valence electrons. The summed E-state index contributed by atoms with van der Waals surface area (Å²) >= 11 is 0. The lowest BCUT2D eigenvalue weighted by atomic mass is 10.1. The van der Waals surface area contributed by atoms with Gasteiger partial charge in [-0.1, -0.05) is 12.1 Å². The van der Waals surface area contributed by atoms with Gasteiger partial charge in [-0.15, -0.1) is 0 Å². The molecule has 4 heteroatoms. The van der Waals surface area contributed by atoms with Gasteiger partial charge in [-0.2, -0.15) is 0 Å². The summed E-state index contributed by atoms with van der Waals surface area (Å²) in [4.78, 5) is 12.9. The van der Waals surface area contributed by atoms with E-state index in [9.17, 15) is 4.79 Å². The van der Waals surface area contributed by atoms with Crippen LogP contribution in [0.25, 0.3) is 0 Å². The molecule has 0 amide bonds. The summed E-state index contributed by atoms with van der Waals surface area (Å²) in [6, 6.07) is 6.26. The normalized spacial score (nSPS) is 22.0. The van der Waals surface area contributed by atoms with E-state index in [2.05, 4.69) is 11.0 Å². The second-order valence-electron chi connectivity index (χ2n) is 4.97. The van der Waals surface area contributed by atoms with E-state index >= 15 is 0 Å². The molecule has 1 N–H and O–H groups in total. The highest BCUT2D eigenvalue weighted by atomic mass is 16.5. The average molecular weight is 249 g/mol. The molecular weight excluding hydrogens is 230 g/mol. The summed E-state index contributed by atoms with van der Waals surface area (Å²) in [5.74, 6) is 0.0170. The molecule has 1 aromatic rings. The minimum atomic E-state index is -0.683. The van der Waals surface area contributed by atoms with Crippen molar-refractivity contribution in [2.24, 2.45) is 5.92 Å². The summed E-state index contributed by atoms with van der Waals surface area (Å²) in [7, 11) is 3.64. The second kappa shape index (κ2) is 4.98. The van der Waals surface area contributed by atoms with Crippen LogP contribution in [0.1, 0.15) is 17.5 Å². The number of carboxylic acids is 1. The molecule has 2 atom stereocenters. The smallest absolute Gasteiger partial charge is 0.308 e. The first-order chi connectivity index (χ1) is 8.52. The van der Waals surface area contributed by atoms with Crippen molar-refractivity contribution >= 4 is 5.97 Å². The van der Waals surface area contributed by atoms with Gasteiger partial charge in [0.25, 0.3) is 0 Å². The predicted molar refractivity (Wildman–Crippen MR) is 68.7 cm³/mol. The number of carboxylic acid groups (broad SMARTS) is 1. The molecule has 1 aromatic carbocycles. The maximum atomic E-state index is 10.8. The van der Waals surface area contributed by atoms with Gasteiger partial charge >= 0.3 is 5.97 Å². The van der Waals surface area contributed by atoms with E-state index in [4.69, 9.17) is 9.84 Å². The Morgan fingerprint density at radius 3 is 2.78 bits per heavy atom. The molecule has 0 aliphatic heterocycles. The van der Waals surface area contributed by atoms with E-state index in [1.165, 1.54) is 5.56 Å². The second-order valence-corrected chi connectivity index (χ2v) is 4.97. The molecule has 0 bridgehead atoms. The zero-order chi connectivity index (χ0) is 13.3. The Balaban J connectivity index is 1.98. The van der Waals surface area contributed by atoms with Crippen LogP contribution in [-0.2, 0) is 11.3 Å². The number of nitrogens with zero attached hydrogens (tertiary/aromatic N) is 1. The minimum absolute atomic E-state index is 0.185. The van der Waals surface area contributed by atoms with Crippen LogP contribution in [-0.4, -0.2) is 36.2 Å². The molecule has 0 spiro atoms. The third-order valence-electron chi connectivity index (χ3n) is 3.53. The lowest BCUT2D eigenvalue weighted by Crippen LogP contribution is -2.23. The van der Waals surface area contributed by atoms with E-state index in [1.54, 1.807) is 7.11 Å². The average Bonchev–Trinajstić information content (AvgIpc) is 3.09. The molecule has 0 saturated heterocycles. The molecule has 4 nitrogen and oxygen atoms in total. The molecule has 0 radical (unpaired) electrons. The number of methoxy groups -OCH3 is 1. The Labute approximate surface area is 107 Å². The van der Waals surface area contributed by atoms with Gasteiger partial charge in [0.2, 0.25) is 0 Å². The topological polar surface area (TPSA) is 49.8 Å². The third kappa shape index (κ3) is 2.64. The molecule has 0 heterocycles. The first-order valence-corrected chi connectivity index (χ1v) is 6.09. The molecule has 0 aromatic heterocycles. The maximum absolute atomic E-state index is 10.8. The number of carbonyl (C=O) groups is 1. The zero-order valence-corrected chi connectivity index (χ0v) is 11.0. The van der Waals surface area contributed by atoms with Crippen molar-refractivity contribution in [2.45, 2.75) is 25.9 Å². The maximum Gasteiger partial charge on any atom is 0.308 e. The molecular formula is C14H19NO3. The van der Waals surface area contributed by atoms with Crippen LogP contribution in [0.5, 0.6) is 5.75 Å². The standard InChI is InChI=1S/C14H19NO3/c1-9-6-10(4-5-13(9)18-3)8-15(2)12-7-11(12)14(16)17/h4-6,11-12H,7-8H2,1-3H3,(H,16,17). The van der Waals surface area contributed by atoms with Gasteiger partial charge in [-0.05, 0) is 37.6 Å². The van der Waals surface area contributed by atoms with Gasteiger partial charge < -0.3 is 9.84 Å². The summed E-state index contributed by atoms with van der Waals surface area (Å²) < 4.78 is 5.22. The predicted octanol–water partition coefficient (Wildman–Crippen LogP) is 1.91. The van der Waals surface area contributed by atoms with E-state index < -0.39 is 5.97 Å². The van der Waals surface area contributed by atoms with E-state index in [0.29, 0.717) is 0 Å². The van der Waals surface area contributed by atoms with Crippen molar-refractivity contribution in [1.29, 1.82) is 0 Å². The number of aryl methyl sites for hydroxylation is 1. The molecule has 1 saturated carbocycles. The molecule has 1 aliphatic rings. The van der Waals surface area contributed by atoms with E-state index in [-0.39, 0.29) is 12.0 Å². The largest absolute Gasteiger partial charge is 0.496 e. The summed E-state index contributed by atoms with van der Waals surface area (Å²) in [5.41, 5.74) is 2.29. The minimum Gasteiger partial charge on any atom is -0.496 e. The van der Waals surface area contributed by atoms with Crippen molar-refractivity contribution in [3.63, 3.8) is 0 Å². The lowest BCUT2D eigenvalue weighted by molar-refractivity contribution is -0.138. The number of hydrogen-bond acceptors (Lipinski definition) is 3. The molecule has 2 unspecified atom stereocenters. The van der Waals surface area contributed by atoms with Gasteiger partial charge in [0.15, 0.2) is 0 Å². The summed E-state index contributed by atoms with van der Waals surface area (Å²) in [5, 5.41) is 8.91. The Hall–Kier alpha value is -1.55. The van der Waals surface area contributed by atoms with Gasteiger partial charge in [-0.3, -0.25) is 9.69 Å². The molecule has 2 rings (SSSR count).